The Morgan fingerprint density at radius 3 is 1.95 bits per heavy atom. The molecule has 41 heavy (non-hydrogen) atoms. The normalized spacial score (nSPS) is 11.9. The van der Waals surface area contributed by atoms with Gasteiger partial charge in [-0.2, -0.15) is 0 Å². The van der Waals surface area contributed by atoms with E-state index in [9.17, 15) is 33.9 Å². The van der Waals surface area contributed by atoms with Crippen molar-refractivity contribution in [2.45, 2.75) is 102 Å². The Hall–Kier alpha value is -3.87. The van der Waals surface area contributed by atoms with E-state index in [1.807, 2.05) is 0 Å². The fourth-order valence-corrected chi connectivity index (χ4v) is 3.95. The second-order valence-corrected chi connectivity index (χ2v) is 9.78. The first kappa shape index (κ1) is 37.1. The number of Topliss-reactive ketones (excluding diaryl/α,β-unsaturated/α-hetero) is 1. The van der Waals surface area contributed by atoms with Gasteiger partial charge in [0, 0.05) is 50.2 Å². The first-order valence-corrected chi connectivity index (χ1v) is 14.1. The number of carboxylic acids is 3. The summed E-state index contributed by atoms with van der Waals surface area (Å²) in [7, 11) is 0. The summed E-state index contributed by atoms with van der Waals surface area (Å²) in [5, 5.41) is 38.0. The topological polar surface area (TPSA) is 248 Å². The Labute approximate surface area is 239 Å². The van der Waals surface area contributed by atoms with Crippen molar-refractivity contribution in [3.05, 3.63) is 10.4 Å². The third kappa shape index (κ3) is 22.6. The Morgan fingerprint density at radius 2 is 1.34 bits per heavy atom. The molecule has 0 aromatic carbocycles. The molecule has 3 amide bonds. The standard InChI is InChI=1S/C26H44N6O9/c27-32-30-17-9-6-10-19(24(37)38)18-20(33)11-4-1-2-5-12-22(34)28-15-7-3-8-16-29-26(41)31-21(25(39)40)13-14-23(35)36/h19,21H,1-18H2,(H,28,34)(H,35,36)(H,37,38)(H,39,40)(H2,29,31,41)/t19?,21-/m0/s1. The number of amides is 3. The molecular formula is C26H44N6O9. The van der Waals surface area contributed by atoms with E-state index in [0.29, 0.717) is 77.4 Å². The molecule has 0 radical (unpaired) electrons. The highest BCUT2D eigenvalue weighted by Crippen LogP contribution is 2.16. The van der Waals surface area contributed by atoms with Gasteiger partial charge in [0.25, 0.3) is 0 Å². The average molecular weight is 585 g/mol. The predicted molar refractivity (Wildman–Crippen MR) is 148 cm³/mol. The van der Waals surface area contributed by atoms with Gasteiger partial charge in [-0.25, -0.2) is 9.59 Å². The van der Waals surface area contributed by atoms with Crippen LogP contribution in [0.1, 0.15) is 96.3 Å². The number of nitrogens with one attached hydrogen (secondary N) is 3. The molecule has 2 atom stereocenters. The third-order valence-electron chi connectivity index (χ3n) is 6.27. The fraction of sp³-hybridized carbons (Fsp3) is 0.769. The summed E-state index contributed by atoms with van der Waals surface area (Å²) in [6.45, 7) is 1.11. The summed E-state index contributed by atoms with van der Waals surface area (Å²) in [6.07, 6.45) is 6.61. The first-order chi connectivity index (χ1) is 19.6. The second kappa shape index (κ2) is 24.0. The molecule has 0 fully saturated rings. The number of carbonyl (C=O) groups excluding carboxylic acids is 3. The summed E-state index contributed by atoms with van der Waals surface area (Å²) in [5.74, 6) is -4.31. The molecule has 1 unspecified atom stereocenters. The Kier molecular flexibility index (Phi) is 21.7. The molecule has 0 saturated heterocycles. The number of aliphatic carboxylic acids is 3. The number of carboxylic acid groups (broad SMARTS) is 3. The zero-order valence-corrected chi connectivity index (χ0v) is 23.5. The minimum atomic E-state index is -1.30. The van der Waals surface area contributed by atoms with Crippen LogP contribution in [-0.4, -0.2) is 76.6 Å². The van der Waals surface area contributed by atoms with Gasteiger partial charge in [0.05, 0.1) is 5.92 Å². The second-order valence-electron chi connectivity index (χ2n) is 9.78. The van der Waals surface area contributed by atoms with E-state index in [2.05, 4.69) is 26.0 Å². The zero-order chi connectivity index (χ0) is 30.9. The van der Waals surface area contributed by atoms with Crippen LogP contribution >= 0.6 is 0 Å². The highest BCUT2D eigenvalue weighted by Gasteiger charge is 2.21. The molecule has 0 aliphatic rings. The van der Waals surface area contributed by atoms with Gasteiger partial charge < -0.3 is 31.3 Å². The van der Waals surface area contributed by atoms with Crippen LogP contribution in [0.4, 0.5) is 4.79 Å². The van der Waals surface area contributed by atoms with E-state index in [-0.39, 0.29) is 31.0 Å². The molecule has 0 aromatic rings. The van der Waals surface area contributed by atoms with E-state index in [4.69, 9.17) is 15.7 Å². The molecule has 15 heteroatoms. The zero-order valence-electron chi connectivity index (χ0n) is 23.5. The van der Waals surface area contributed by atoms with Crippen molar-refractivity contribution in [1.82, 2.24) is 16.0 Å². The Morgan fingerprint density at radius 1 is 0.707 bits per heavy atom. The van der Waals surface area contributed by atoms with Gasteiger partial charge in [-0.3, -0.25) is 19.2 Å². The largest absolute Gasteiger partial charge is 0.481 e. The highest BCUT2D eigenvalue weighted by molar-refractivity contribution is 5.84. The monoisotopic (exact) mass is 584 g/mol. The minimum absolute atomic E-state index is 0.00228. The summed E-state index contributed by atoms with van der Waals surface area (Å²) in [4.78, 5) is 71.5. The molecule has 0 spiro atoms. The maximum absolute atomic E-state index is 12.1. The Bertz CT molecular complexity index is 893. The number of carbonyl (C=O) groups is 6. The maximum Gasteiger partial charge on any atom is 0.326 e. The van der Waals surface area contributed by atoms with Crippen molar-refractivity contribution in [2.24, 2.45) is 11.0 Å². The van der Waals surface area contributed by atoms with Gasteiger partial charge in [-0.15, -0.1) is 0 Å². The lowest BCUT2D eigenvalue weighted by Gasteiger charge is -2.14. The fourth-order valence-electron chi connectivity index (χ4n) is 3.95. The number of urea groups is 1. The lowest BCUT2D eigenvalue weighted by molar-refractivity contribution is -0.144. The summed E-state index contributed by atoms with van der Waals surface area (Å²) < 4.78 is 0. The number of ketones is 1. The lowest BCUT2D eigenvalue weighted by atomic mass is 9.94. The van der Waals surface area contributed by atoms with Gasteiger partial charge in [0.1, 0.15) is 11.8 Å². The van der Waals surface area contributed by atoms with Crippen molar-refractivity contribution >= 4 is 35.6 Å². The quantitative estimate of drug-likeness (QED) is 0.0377. The van der Waals surface area contributed by atoms with Gasteiger partial charge >= 0.3 is 23.9 Å². The van der Waals surface area contributed by atoms with Crippen LogP contribution < -0.4 is 16.0 Å². The van der Waals surface area contributed by atoms with Crippen LogP contribution in [0, 0.1) is 5.92 Å². The van der Waals surface area contributed by atoms with Gasteiger partial charge in [-0.05, 0) is 56.9 Å². The van der Waals surface area contributed by atoms with Crippen LogP contribution in [0.2, 0.25) is 0 Å². The Balaban J connectivity index is 3.79. The SMILES string of the molecule is [N-]=[N+]=NCCCCC(CC(=O)CCCCCCC(=O)NCCCCCNC(=O)N[C@@H](CCC(=O)O)C(=O)O)C(=O)O. The number of unbranched alkanes of at least 4 members (excludes halogenated alkanes) is 6. The minimum Gasteiger partial charge on any atom is -0.481 e. The van der Waals surface area contributed by atoms with E-state index < -0.39 is 35.9 Å². The molecule has 0 aliphatic heterocycles. The average Bonchev–Trinajstić information content (AvgIpc) is 2.91. The van der Waals surface area contributed by atoms with Crippen LogP contribution in [-0.2, 0) is 24.0 Å². The number of nitrogens with zero attached hydrogens (tertiary/aromatic N) is 3. The molecule has 0 rings (SSSR count). The van der Waals surface area contributed by atoms with Crippen LogP contribution in [0.25, 0.3) is 10.4 Å². The molecule has 0 aromatic heterocycles. The number of azide groups is 1. The predicted octanol–water partition coefficient (Wildman–Crippen LogP) is 3.37. The van der Waals surface area contributed by atoms with E-state index in [1.165, 1.54) is 0 Å². The summed E-state index contributed by atoms with van der Waals surface area (Å²) in [6, 6.07) is -1.96. The van der Waals surface area contributed by atoms with E-state index >= 15 is 0 Å². The number of rotatable bonds is 26. The molecule has 6 N–H and O–H groups in total. The van der Waals surface area contributed by atoms with Gasteiger partial charge in [-0.1, -0.05) is 24.4 Å². The molecule has 232 valence electrons. The van der Waals surface area contributed by atoms with Crippen molar-refractivity contribution < 1.29 is 44.1 Å². The first-order valence-electron chi connectivity index (χ1n) is 14.1. The van der Waals surface area contributed by atoms with Crippen LogP contribution in [0.5, 0.6) is 0 Å². The molecule has 0 aliphatic carbocycles. The molecule has 0 bridgehead atoms. The number of hydrogen-bond acceptors (Lipinski definition) is 7. The van der Waals surface area contributed by atoms with Crippen molar-refractivity contribution in [1.29, 1.82) is 0 Å². The highest BCUT2D eigenvalue weighted by atomic mass is 16.4. The molecule has 0 saturated carbocycles. The molecule has 0 heterocycles. The summed E-state index contributed by atoms with van der Waals surface area (Å²) in [5.41, 5.74) is 8.24. The smallest absolute Gasteiger partial charge is 0.326 e. The summed E-state index contributed by atoms with van der Waals surface area (Å²) >= 11 is 0. The van der Waals surface area contributed by atoms with Crippen LogP contribution in [0.3, 0.4) is 0 Å². The lowest BCUT2D eigenvalue weighted by Crippen LogP contribution is -2.46. The van der Waals surface area contributed by atoms with Gasteiger partial charge in [0.15, 0.2) is 0 Å². The van der Waals surface area contributed by atoms with E-state index in [1.54, 1.807) is 0 Å². The van der Waals surface area contributed by atoms with Crippen molar-refractivity contribution in [3.8, 4) is 0 Å². The van der Waals surface area contributed by atoms with Gasteiger partial charge in [0.2, 0.25) is 5.91 Å². The van der Waals surface area contributed by atoms with E-state index in [0.717, 1.165) is 19.3 Å². The molecular weight excluding hydrogens is 540 g/mol. The maximum atomic E-state index is 12.1. The molecule has 15 nitrogen and oxygen atoms in total. The van der Waals surface area contributed by atoms with Crippen molar-refractivity contribution in [3.63, 3.8) is 0 Å². The third-order valence-corrected chi connectivity index (χ3v) is 6.27. The van der Waals surface area contributed by atoms with Crippen molar-refractivity contribution in [2.75, 3.05) is 19.6 Å². The van der Waals surface area contributed by atoms with Crippen LogP contribution in [0.15, 0.2) is 5.11 Å². The number of hydrogen-bond donors (Lipinski definition) is 6.